The van der Waals surface area contributed by atoms with Crippen molar-refractivity contribution in [1.29, 1.82) is 0 Å². The van der Waals surface area contributed by atoms with Crippen LogP contribution in [0.4, 0.5) is 0 Å². The number of rotatable bonds is 6. The highest BCUT2D eigenvalue weighted by atomic mass is 16.5. The predicted octanol–water partition coefficient (Wildman–Crippen LogP) is 4.10. The van der Waals surface area contributed by atoms with Gasteiger partial charge >= 0.3 is 0 Å². The highest BCUT2D eigenvalue weighted by Gasteiger charge is 2.30. The van der Waals surface area contributed by atoms with Crippen LogP contribution in [0, 0.1) is 11.8 Å². The normalized spacial score (nSPS) is 26.0. The van der Waals surface area contributed by atoms with E-state index in [2.05, 4.69) is 38.2 Å². The van der Waals surface area contributed by atoms with Gasteiger partial charge in [-0.2, -0.15) is 4.98 Å². The summed E-state index contributed by atoms with van der Waals surface area (Å²) in [5, 5.41) is 7.64. The maximum Gasteiger partial charge on any atom is 0.231 e. The monoisotopic (exact) mass is 293 g/mol. The van der Waals surface area contributed by atoms with Gasteiger partial charge in [-0.3, -0.25) is 0 Å². The molecule has 1 aliphatic rings. The summed E-state index contributed by atoms with van der Waals surface area (Å²) in [5.41, 5.74) is 0. The predicted molar refractivity (Wildman–Crippen MR) is 85.4 cm³/mol. The summed E-state index contributed by atoms with van der Waals surface area (Å²) in [7, 11) is 1.99. The first-order chi connectivity index (χ1) is 10.1. The summed E-state index contributed by atoms with van der Waals surface area (Å²) in [5.74, 6) is 3.84. The number of hydrogen-bond donors (Lipinski definition) is 1. The van der Waals surface area contributed by atoms with Crippen molar-refractivity contribution in [2.75, 3.05) is 7.05 Å². The van der Waals surface area contributed by atoms with E-state index in [1.807, 2.05) is 7.05 Å². The molecule has 1 saturated carbocycles. The third-order valence-electron chi connectivity index (χ3n) is 5.18. The number of likely N-dealkylation sites (N-methyl/N-ethyl adjacent to an activating group) is 1. The Morgan fingerprint density at radius 3 is 2.67 bits per heavy atom. The fraction of sp³-hybridized carbons (Fsp3) is 0.882. The molecule has 0 radical (unpaired) electrons. The van der Waals surface area contributed by atoms with Gasteiger partial charge in [-0.15, -0.1) is 0 Å². The molecule has 1 fully saturated rings. The molecule has 21 heavy (non-hydrogen) atoms. The SMILES string of the molecule is CCC1CCCC(c2noc(C(C(C)C)C(C)NC)n2)C1. The number of hydrogen-bond acceptors (Lipinski definition) is 4. The number of aromatic nitrogens is 2. The molecule has 4 heteroatoms. The van der Waals surface area contributed by atoms with E-state index in [0.717, 1.165) is 17.6 Å². The minimum Gasteiger partial charge on any atom is -0.339 e. The van der Waals surface area contributed by atoms with Gasteiger partial charge in [0.05, 0.1) is 5.92 Å². The van der Waals surface area contributed by atoms with Crippen molar-refractivity contribution in [3.05, 3.63) is 11.7 Å². The summed E-state index contributed by atoms with van der Waals surface area (Å²) in [6.07, 6.45) is 6.37. The standard InChI is InChI=1S/C17H31N3O/c1-6-13-8-7-9-14(10-13)16-19-17(21-20-16)15(11(2)3)12(4)18-5/h11-15,18H,6-10H2,1-5H3. The second-order valence-electron chi connectivity index (χ2n) is 6.98. The van der Waals surface area contributed by atoms with Gasteiger partial charge in [0.25, 0.3) is 0 Å². The second-order valence-corrected chi connectivity index (χ2v) is 6.98. The fourth-order valence-corrected chi connectivity index (χ4v) is 3.70. The molecule has 2 rings (SSSR count). The van der Waals surface area contributed by atoms with E-state index in [4.69, 9.17) is 9.51 Å². The molecule has 4 unspecified atom stereocenters. The molecule has 1 N–H and O–H groups in total. The Kier molecular flexibility index (Phi) is 5.80. The molecule has 0 aliphatic heterocycles. The van der Waals surface area contributed by atoms with Crippen LogP contribution in [0.5, 0.6) is 0 Å². The average Bonchev–Trinajstić information content (AvgIpc) is 2.96. The second kappa shape index (κ2) is 7.39. The molecule has 1 aliphatic carbocycles. The van der Waals surface area contributed by atoms with Gasteiger partial charge in [0.15, 0.2) is 5.82 Å². The van der Waals surface area contributed by atoms with E-state index in [1.165, 1.54) is 32.1 Å². The van der Waals surface area contributed by atoms with Crippen molar-refractivity contribution >= 4 is 0 Å². The Balaban J connectivity index is 2.12. The van der Waals surface area contributed by atoms with Crippen LogP contribution in [0.15, 0.2) is 4.52 Å². The van der Waals surface area contributed by atoms with Gasteiger partial charge in [0, 0.05) is 12.0 Å². The molecule has 0 bridgehead atoms. The van der Waals surface area contributed by atoms with Crippen molar-refractivity contribution in [3.8, 4) is 0 Å². The van der Waals surface area contributed by atoms with Gasteiger partial charge in [-0.25, -0.2) is 0 Å². The van der Waals surface area contributed by atoms with E-state index in [9.17, 15) is 0 Å². The van der Waals surface area contributed by atoms with Crippen LogP contribution in [0.1, 0.15) is 83.3 Å². The largest absolute Gasteiger partial charge is 0.339 e. The Morgan fingerprint density at radius 2 is 2.05 bits per heavy atom. The van der Waals surface area contributed by atoms with Crippen molar-refractivity contribution in [2.24, 2.45) is 11.8 Å². The molecule has 1 aromatic heterocycles. The molecule has 0 aromatic carbocycles. The summed E-state index contributed by atoms with van der Waals surface area (Å²) in [4.78, 5) is 4.78. The lowest BCUT2D eigenvalue weighted by atomic mass is 9.80. The van der Waals surface area contributed by atoms with E-state index in [-0.39, 0.29) is 5.92 Å². The maximum absolute atomic E-state index is 5.63. The average molecular weight is 293 g/mol. The highest BCUT2D eigenvalue weighted by molar-refractivity contribution is 5.04. The summed E-state index contributed by atoms with van der Waals surface area (Å²) < 4.78 is 5.63. The fourth-order valence-electron chi connectivity index (χ4n) is 3.70. The maximum atomic E-state index is 5.63. The van der Waals surface area contributed by atoms with E-state index < -0.39 is 0 Å². The topological polar surface area (TPSA) is 51.0 Å². The Bertz CT molecular complexity index is 429. The zero-order valence-corrected chi connectivity index (χ0v) is 14.2. The van der Waals surface area contributed by atoms with Crippen molar-refractivity contribution in [2.45, 2.75) is 77.7 Å². The van der Waals surface area contributed by atoms with Crippen LogP contribution in [0.25, 0.3) is 0 Å². The Hall–Kier alpha value is -0.900. The van der Waals surface area contributed by atoms with Gasteiger partial charge in [0.2, 0.25) is 5.89 Å². The first-order valence-corrected chi connectivity index (χ1v) is 8.57. The minimum atomic E-state index is 0.279. The Labute approximate surface area is 129 Å². The zero-order valence-electron chi connectivity index (χ0n) is 14.2. The lowest BCUT2D eigenvalue weighted by Gasteiger charge is -2.26. The quantitative estimate of drug-likeness (QED) is 0.858. The molecule has 4 atom stereocenters. The van der Waals surface area contributed by atoms with Gasteiger partial charge in [-0.05, 0) is 38.6 Å². The molecular formula is C17H31N3O. The lowest BCUT2D eigenvalue weighted by molar-refractivity contribution is 0.277. The Morgan fingerprint density at radius 1 is 1.29 bits per heavy atom. The van der Waals surface area contributed by atoms with Crippen LogP contribution in [0.3, 0.4) is 0 Å². The zero-order chi connectivity index (χ0) is 15.4. The first kappa shape index (κ1) is 16.5. The minimum absolute atomic E-state index is 0.279. The van der Waals surface area contributed by atoms with Crippen LogP contribution >= 0.6 is 0 Å². The molecule has 0 spiro atoms. The van der Waals surface area contributed by atoms with E-state index in [0.29, 0.717) is 17.9 Å². The van der Waals surface area contributed by atoms with E-state index in [1.54, 1.807) is 0 Å². The molecular weight excluding hydrogens is 262 g/mol. The van der Waals surface area contributed by atoms with Crippen LogP contribution in [-0.2, 0) is 0 Å². The molecule has 0 saturated heterocycles. The lowest BCUT2D eigenvalue weighted by Crippen LogP contribution is -2.32. The summed E-state index contributed by atoms with van der Waals surface area (Å²) in [6.45, 7) is 8.91. The van der Waals surface area contributed by atoms with Crippen molar-refractivity contribution in [3.63, 3.8) is 0 Å². The molecule has 1 heterocycles. The number of nitrogens with zero attached hydrogens (tertiary/aromatic N) is 2. The van der Waals surface area contributed by atoms with Crippen LogP contribution in [0.2, 0.25) is 0 Å². The van der Waals surface area contributed by atoms with Crippen LogP contribution < -0.4 is 5.32 Å². The smallest absolute Gasteiger partial charge is 0.231 e. The van der Waals surface area contributed by atoms with Crippen molar-refractivity contribution < 1.29 is 4.52 Å². The highest BCUT2D eigenvalue weighted by Crippen LogP contribution is 2.37. The summed E-state index contributed by atoms with van der Waals surface area (Å²) in [6, 6.07) is 0.341. The molecule has 120 valence electrons. The van der Waals surface area contributed by atoms with E-state index >= 15 is 0 Å². The number of nitrogens with one attached hydrogen (secondary N) is 1. The van der Waals surface area contributed by atoms with Crippen LogP contribution in [-0.4, -0.2) is 23.2 Å². The molecule has 4 nitrogen and oxygen atoms in total. The third kappa shape index (κ3) is 3.85. The van der Waals surface area contributed by atoms with Gasteiger partial charge in [-0.1, -0.05) is 45.2 Å². The van der Waals surface area contributed by atoms with Crippen molar-refractivity contribution in [1.82, 2.24) is 15.5 Å². The first-order valence-electron chi connectivity index (χ1n) is 8.57. The summed E-state index contributed by atoms with van der Waals surface area (Å²) >= 11 is 0. The molecule has 1 aromatic rings. The third-order valence-corrected chi connectivity index (χ3v) is 5.18. The van der Waals surface area contributed by atoms with Gasteiger partial charge in [0.1, 0.15) is 0 Å². The van der Waals surface area contributed by atoms with Gasteiger partial charge < -0.3 is 9.84 Å². The molecule has 0 amide bonds.